The zero-order valence-corrected chi connectivity index (χ0v) is 12.8. The minimum atomic E-state index is -0.766. The predicted octanol–water partition coefficient (Wildman–Crippen LogP) is 3.89. The Morgan fingerprint density at radius 2 is 1.75 bits per heavy atom. The summed E-state index contributed by atoms with van der Waals surface area (Å²) in [5.41, 5.74) is 1.61. The fraction of sp³-hybridized carbons (Fsp3) is 0.588. The normalized spacial score (nSPS) is 18.2. The van der Waals surface area contributed by atoms with E-state index in [0.29, 0.717) is 12.8 Å². The lowest BCUT2D eigenvalue weighted by atomic mass is 9.74. The van der Waals surface area contributed by atoms with Crippen molar-refractivity contribution in [1.82, 2.24) is 0 Å². The van der Waals surface area contributed by atoms with E-state index in [-0.39, 0.29) is 11.2 Å². The maximum absolute atomic E-state index is 11.9. The number of phenolic OH excluding ortho intramolecular Hbond substituents is 1. The number of carboxylic acid groups (broad SMARTS) is 1. The zero-order valence-electron chi connectivity index (χ0n) is 12.8. The molecule has 0 atom stereocenters. The molecule has 0 aromatic heterocycles. The van der Waals surface area contributed by atoms with Gasteiger partial charge in [0.15, 0.2) is 0 Å². The van der Waals surface area contributed by atoms with E-state index in [2.05, 4.69) is 0 Å². The highest BCUT2D eigenvalue weighted by Gasteiger charge is 2.44. The van der Waals surface area contributed by atoms with Gasteiger partial charge in [-0.1, -0.05) is 39.7 Å². The molecule has 3 heteroatoms. The molecule has 1 aromatic rings. The smallest absolute Gasteiger partial charge is 0.314 e. The molecule has 0 radical (unpaired) electrons. The van der Waals surface area contributed by atoms with Gasteiger partial charge in [0.05, 0.1) is 5.41 Å². The van der Waals surface area contributed by atoms with Crippen LogP contribution in [0.25, 0.3) is 0 Å². The fourth-order valence-corrected chi connectivity index (χ4v) is 3.39. The van der Waals surface area contributed by atoms with Gasteiger partial charge in [0.2, 0.25) is 0 Å². The predicted molar refractivity (Wildman–Crippen MR) is 79.3 cm³/mol. The molecule has 1 fully saturated rings. The van der Waals surface area contributed by atoms with Gasteiger partial charge in [-0.3, -0.25) is 4.79 Å². The second kappa shape index (κ2) is 4.80. The van der Waals surface area contributed by atoms with Crippen LogP contribution < -0.4 is 0 Å². The first-order valence-electron chi connectivity index (χ1n) is 7.26. The Balaban J connectivity index is 2.65. The van der Waals surface area contributed by atoms with Gasteiger partial charge in [0, 0.05) is 0 Å². The number of aliphatic carboxylic acids is 1. The van der Waals surface area contributed by atoms with E-state index in [1.54, 1.807) is 6.07 Å². The largest absolute Gasteiger partial charge is 0.508 e. The van der Waals surface area contributed by atoms with E-state index in [1.807, 2.05) is 33.8 Å². The van der Waals surface area contributed by atoms with Gasteiger partial charge in [-0.05, 0) is 47.9 Å². The summed E-state index contributed by atoms with van der Waals surface area (Å²) in [6.07, 6.45) is 3.30. The third kappa shape index (κ3) is 2.30. The monoisotopic (exact) mass is 276 g/mol. The van der Waals surface area contributed by atoms with E-state index in [0.717, 1.165) is 29.5 Å². The second-order valence-electron chi connectivity index (χ2n) is 7.03. The Bertz CT molecular complexity index is 532. The number of hydrogen-bond acceptors (Lipinski definition) is 2. The Hall–Kier alpha value is -1.51. The fourth-order valence-electron chi connectivity index (χ4n) is 3.39. The molecule has 0 heterocycles. The van der Waals surface area contributed by atoms with Crippen molar-refractivity contribution in [2.45, 2.75) is 64.2 Å². The van der Waals surface area contributed by atoms with E-state index < -0.39 is 11.4 Å². The highest BCUT2D eigenvalue weighted by Crippen LogP contribution is 2.45. The summed E-state index contributed by atoms with van der Waals surface area (Å²) in [6.45, 7) is 7.99. The zero-order chi connectivity index (χ0) is 15.1. The van der Waals surface area contributed by atoms with Crippen molar-refractivity contribution in [2.75, 3.05) is 0 Å². The topological polar surface area (TPSA) is 57.5 Å². The summed E-state index contributed by atoms with van der Waals surface area (Å²) in [6, 6.07) is 3.64. The molecule has 0 saturated heterocycles. The van der Waals surface area contributed by atoms with Crippen LogP contribution in [0.15, 0.2) is 12.1 Å². The van der Waals surface area contributed by atoms with Crippen molar-refractivity contribution in [3.8, 4) is 5.75 Å². The third-order valence-corrected chi connectivity index (χ3v) is 4.53. The van der Waals surface area contributed by atoms with Crippen LogP contribution in [0.4, 0.5) is 0 Å². The van der Waals surface area contributed by atoms with Crippen molar-refractivity contribution < 1.29 is 15.0 Å². The van der Waals surface area contributed by atoms with Gasteiger partial charge in [-0.15, -0.1) is 0 Å². The van der Waals surface area contributed by atoms with Crippen LogP contribution in [0.3, 0.4) is 0 Å². The summed E-state index contributed by atoms with van der Waals surface area (Å²) in [5, 5.41) is 19.9. The van der Waals surface area contributed by atoms with E-state index in [9.17, 15) is 15.0 Å². The Morgan fingerprint density at radius 1 is 1.20 bits per heavy atom. The van der Waals surface area contributed by atoms with Crippen LogP contribution in [-0.2, 0) is 15.6 Å². The number of benzene rings is 1. The lowest BCUT2D eigenvalue weighted by molar-refractivity contribution is -0.143. The summed E-state index contributed by atoms with van der Waals surface area (Å²) < 4.78 is 0. The number of phenols is 1. The van der Waals surface area contributed by atoms with Gasteiger partial charge < -0.3 is 10.2 Å². The number of carboxylic acids is 1. The van der Waals surface area contributed by atoms with Crippen LogP contribution in [0.5, 0.6) is 5.75 Å². The molecule has 0 spiro atoms. The van der Waals surface area contributed by atoms with Crippen molar-refractivity contribution >= 4 is 5.97 Å². The molecule has 110 valence electrons. The van der Waals surface area contributed by atoms with Gasteiger partial charge in [-0.2, -0.15) is 0 Å². The molecule has 0 bridgehead atoms. The number of aryl methyl sites for hydroxylation is 1. The molecular weight excluding hydrogens is 252 g/mol. The van der Waals surface area contributed by atoms with Gasteiger partial charge in [-0.25, -0.2) is 0 Å². The molecule has 0 unspecified atom stereocenters. The Morgan fingerprint density at radius 3 is 2.20 bits per heavy atom. The molecule has 2 rings (SSSR count). The molecule has 1 aromatic carbocycles. The second-order valence-corrected chi connectivity index (χ2v) is 7.03. The molecule has 1 saturated carbocycles. The SMILES string of the molecule is Cc1cc(O)c(C(C)(C)C)cc1C1(C(=O)O)CCCC1. The molecule has 1 aliphatic carbocycles. The molecular formula is C17H24O3. The van der Waals surface area contributed by atoms with Gasteiger partial charge in [0.25, 0.3) is 0 Å². The Kier molecular flexibility index (Phi) is 3.57. The van der Waals surface area contributed by atoms with Crippen LogP contribution in [0.1, 0.15) is 63.1 Å². The Labute approximate surface area is 120 Å². The molecule has 2 N–H and O–H groups in total. The van der Waals surface area contributed by atoms with Crippen LogP contribution >= 0.6 is 0 Å². The maximum atomic E-state index is 11.9. The number of aromatic hydroxyl groups is 1. The molecule has 0 aliphatic heterocycles. The van der Waals surface area contributed by atoms with Crippen molar-refractivity contribution in [3.63, 3.8) is 0 Å². The molecule has 1 aliphatic rings. The lowest BCUT2D eigenvalue weighted by Crippen LogP contribution is -2.34. The van der Waals surface area contributed by atoms with Crippen molar-refractivity contribution in [2.24, 2.45) is 0 Å². The summed E-state index contributed by atoms with van der Waals surface area (Å²) in [4.78, 5) is 11.9. The van der Waals surface area contributed by atoms with E-state index in [1.165, 1.54) is 0 Å². The quantitative estimate of drug-likeness (QED) is 0.861. The lowest BCUT2D eigenvalue weighted by Gasteiger charge is -2.29. The summed E-state index contributed by atoms with van der Waals surface area (Å²) in [7, 11) is 0. The summed E-state index contributed by atoms with van der Waals surface area (Å²) in [5.74, 6) is -0.471. The van der Waals surface area contributed by atoms with Crippen molar-refractivity contribution in [3.05, 3.63) is 28.8 Å². The highest BCUT2D eigenvalue weighted by molar-refractivity contribution is 5.82. The minimum Gasteiger partial charge on any atom is -0.508 e. The third-order valence-electron chi connectivity index (χ3n) is 4.53. The molecule has 3 nitrogen and oxygen atoms in total. The van der Waals surface area contributed by atoms with Crippen LogP contribution in [-0.4, -0.2) is 16.2 Å². The first-order chi connectivity index (χ1) is 9.18. The highest BCUT2D eigenvalue weighted by atomic mass is 16.4. The maximum Gasteiger partial charge on any atom is 0.314 e. The minimum absolute atomic E-state index is 0.204. The first kappa shape index (κ1) is 14.9. The first-order valence-corrected chi connectivity index (χ1v) is 7.26. The van der Waals surface area contributed by atoms with Crippen LogP contribution in [0, 0.1) is 6.92 Å². The average molecular weight is 276 g/mol. The van der Waals surface area contributed by atoms with Gasteiger partial charge in [0.1, 0.15) is 5.75 Å². The molecule has 20 heavy (non-hydrogen) atoms. The van der Waals surface area contributed by atoms with E-state index in [4.69, 9.17) is 0 Å². The standard InChI is InChI=1S/C17H24O3/c1-11-9-14(18)13(16(2,3)4)10-12(11)17(15(19)20)7-5-6-8-17/h9-10,18H,5-8H2,1-4H3,(H,19,20). The molecule has 0 amide bonds. The van der Waals surface area contributed by atoms with E-state index >= 15 is 0 Å². The number of hydrogen-bond donors (Lipinski definition) is 2. The summed E-state index contributed by atoms with van der Waals surface area (Å²) >= 11 is 0. The number of carbonyl (C=O) groups is 1. The van der Waals surface area contributed by atoms with Gasteiger partial charge >= 0.3 is 5.97 Å². The average Bonchev–Trinajstić information content (AvgIpc) is 2.77. The number of rotatable bonds is 2. The van der Waals surface area contributed by atoms with Crippen molar-refractivity contribution in [1.29, 1.82) is 0 Å². The van der Waals surface area contributed by atoms with Crippen LogP contribution in [0.2, 0.25) is 0 Å².